The molecule has 2 aromatic carbocycles. The first-order valence-electron chi connectivity index (χ1n) is 6.79. The van der Waals surface area contributed by atoms with Crippen molar-refractivity contribution in [3.05, 3.63) is 41.5 Å². The Morgan fingerprint density at radius 1 is 1.00 bits per heavy atom. The van der Waals surface area contributed by atoms with Gasteiger partial charge in [-0.25, -0.2) is 0 Å². The Morgan fingerprint density at radius 3 is 2.43 bits per heavy atom. The molecule has 5 nitrogen and oxygen atoms in total. The Kier molecular flexibility index (Phi) is 3.89. The summed E-state index contributed by atoms with van der Waals surface area (Å²) >= 11 is 0. The molecule has 0 spiro atoms. The molecule has 0 fully saturated rings. The van der Waals surface area contributed by atoms with E-state index in [2.05, 4.69) is 8.86 Å². The molecular formula is C17H15O5P. The lowest BCUT2D eigenvalue weighted by Crippen LogP contribution is -1.90. The lowest BCUT2D eigenvalue weighted by atomic mass is 10.0. The average molecular weight is 330 g/mol. The minimum Gasteiger partial charge on any atom is -0.504 e. The predicted molar refractivity (Wildman–Crippen MR) is 89.6 cm³/mol. The van der Waals surface area contributed by atoms with Crippen LogP contribution in [0.25, 0.3) is 22.1 Å². The number of hydrogen-bond acceptors (Lipinski definition) is 5. The summed E-state index contributed by atoms with van der Waals surface area (Å²) in [5.41, 5.74) is 2.00. The van der Waals surface area contributed by atoms with Crippen LogP contribution in [-0.4, -0.2) is 24.4 Å². The molecule has 0 saturated heterocycles. The van der Waals surface area contributed by atoms with Gasteiger partial charge in [0, 0.05) is 22.6 Å². The zero-order chi connectivity index (χ0) is 16.6. The minimum atomic E-state index is -0.199. The molecule has 118 valence electrons. The Bertz CT molecular complexity index is 946. The van der Waals surface area contributed by atoms with Gasteiger partial charge < -0.3 is 24.1 Å². The fourth-order valence-corrected chi connectivity index (χ4v) is 2.85. The van der Waals surface area contributed by atoms with Crippen molar-refractivity contribution >= 4 is 19.8 Å². The van der Waals surface area contributed by atoms with Crippen molar-refractivity contribution in [2.45, 2.75) is 0 Å². The largest absolute Gasteiger partial charge is 0.504 e. The highest BCUT2D eigenvalue weighted by Gasteiger charge is 2.13. The molecule has 0 radical (unpaired) electrons. The number of methoxy groups -OCH3 is 2. The fourth-order valence-electron chi connectivity index (χ4n) is 2.40. The maximum absolute atomic E-state index is 9.70. The van der Waals surface area contributed by atoms with E-state index in [4.69, 9.17) is 13.9 Å². The van der Waals surface area contributed by atoms with Gasteiger partial charge in [0.05, 0.1) is 25.9 Å². The molecule has 2 N–H and O–H groups in total. The fraction of sp³-hybridized carbons (Fsp3) is 0.118. The van der Waals surface area contributed by atoms with E-state index in [0.717, 1.165) is 10.3 Å². The highest BCUT2D eigenvalue weighted by molar-refractivity contribution is 7.07. The van der Waals surface area contributed by atoms with Gasteiger partial charge in [-0.15, -0.1) is 8.86 Å². The molecule has 3 rings (SSSR count). The van der Waals surface area contributed by atoms with Gasteiger partial charge in [0.25, 0.3) is 0 Å². The summed E-state index contributed by atoms with van der Waals surface area (Å²) in [6.07, 6.45) is 1.56. The number of benzene rings is 2. The lowest BCUT2D eigenvalue weighted by molar-refractivity contribution is 0.396. The van der Waals surface area contributed by atoms with E-state index in [1.54, 1.807) is 38.7 Å². The van der Waals surface area contributed by atoms with E-state index < -0.39 is 0 Å². The van der Waals surface area contributed by atoms with Crippen LogP contribution in [0.15, 0.2) is 41.0 Å². The van der Waals surface area contributed by atoms with Crippen molar-refractivity contribution < 1.29 is 24.1 Å². The highest BCUT2D eigenvalue weighted by atomic mass is 31.0. The van der Waals surface area contributed by atoms with Crippen LogP contribution in [0.3, 0.4) is 0 Å². The molecule has 0 aliphatic rings. The van der Waals surface area contributed by atoms with E-state index in [1.807, 2.05) is 0 Å². The zero-order valence-corrected chi connectivity index (χ0v) is 13.6. The first-order valence-corrected chi connectivity index (χ1v) is 7.29. The van der Waals surface area contributed by atoms with Crippen LogP contribution in [0.1, 0.15) is 0 Å². The number of ether oxygens (including phenoxy) is 2. The number of hydrogen-bond donors (Lipinski definition) is 2. The number of aromatic hydroxyl groups is 2. The highest BCUT2D eigenvalue weighted by Crippen LogP contribution is 2.38. The Labute approximate surface area is 134 Å². The maximum Gasteiger partial charge on any atom is 0.158 e. The number of phenols is 2. The maximum atomic E-state index is 9.70. The molecule has 6 heteroatoms. The van der Waals surface area contributed by atoms with Gasteiger partial charge in [0.15, 0.2) is 11.5 Å². The first-order chi connectivity index (χ1) is 11.0. The van der Waals surface area contributed by atoms with E-state index in [1.165, 1.54) is 12.1 Å². The molecular weight excluding hydrogens is 315 g/mol. The summed E-state index contributed by atoms with van der Waals surface area (Å²) in [5.74, 6) is 0.844. The van der Waals surface area contributed by atoms with Crippen molar-refractivity contribution in [1.29, 1.82) is 0 Å². The zero-order valence-electron chi connectivity index (χ0n) is 12.6. The van der Waals surface area contributed by atoms with Crippen LogP contribution < -0.4 is 9.47 Å². The SMILES string of the molecule is COc1cc(OC)c2c(=P)c(-c3ccc(O)c(O)c3)coc2c1. The van der Waals surface area contributed by atoms with E-state index in [9.17, 15) is 10.2 Å². The Hall–Kier alpha value is -2.65. The molecule has 0 unspecified atom stereocenters. The third-order valence-electron chi connectivity index (χ3n) is 3.60. The summed E-state index contributed by atoms with van der Waals surface area (Å²) < 4.78 is 16.4. The quantitative estimate of drug-likeness (QED) is 0.556. The molecule has 0 aliphatic carbocycles. The van der Waals surface area contributed by atoms with Gasteiger partial charge in [-0.2, -0.15) is 0 Å². The van der Waals surface area contributed by atoms with Crippen LogP contribution in [0.2, 0.25) is 0 Å². The van der Waals surface area contributed by atoms with Crippen LogP contribution in [0.4, 0.5) is 0 Å². The van der Waals surface area contributed by atoms with Crippen LogP contribution in [0, 0.1) is 4.94 Å². The number of phenolic OH excluding ortho intramolecular Hbond substituents is 2. The molecule has 1 aromatic heterocycles. The topological polar surface area (TPSA) is 72.1 Å². The first kappa shape index (κ1) is 15.3. The average Bonchev–Trinajstić information content (AvgIpc) is 2.56. The third-order valence-corrected chi connectivity index (χ3v) is 4.12. The summed E-state index contributed by atoms with van der Waals surface area (Å²) in [4.78, 5) is 0.746. The van der Waals surface area contributed by atoms with Gasteiger partial charge in [-0.3, -0.25) is 0 Å². The van der Waals surface area contributed by atoms with Gasteiger partial charge >= 0.3 is 0 Å². The Morgan fingerprint density at radius 2 is 1.78 bits per heavy atom. The van der Waals surface area contributed by atoms with Crippen LogP contribution in [0.5, 0.6) is 23.0 Å². The standard InChI is InChI=1S/C17H15O5P/c1-20-10-6-14(21-2)16-15(7-10)22-8-11(17(16)23)9-3-4-12(18)13(19)5-9/h3-8,18-19,23H,1-2H3. The number of rotatable bonds is 3. The predicted octanol–water partition coefficient (Wildman–Crippen LogP) is 4.20. The third kappa shape index (κ3) is 2.60. The summed E-state index contributed by atoms with van der Waals surface area (Å²) in [6.45, 7) is 0. The van der Waals surface area contributed by atoms with Gasteiger partial charge in [-0.1, -0.05) is 6.07 Å². The summed E-state index contributed by atoms with van der Waals surface area (Å²) in [5, 5.41) is 19.9. The van der Waals surface area contributed by atoms with Gasteiger partial charge in [-0.05, 0) is 17.7 Å². The van der Waals surface area contributed by atoms with Gasteiger partial charge in [0.1, 0.15) is 17.1 Å². The molecule has 1 heterocycles. The molecule has 0 atom stereocenters. The second-order valence-electron chi connectivity index (χ2n) is 4.93. The number of fused-ring (bicyclic) bond motifs is 1. The second kappa shape index (κ2) is 5.86. The molecule has 0 amide bonds. The van der Waals surface area contributed by atoms with Crippen molar-refractivity contribution in [2.75, 3.05) is 14.2 Å². The normalized spacial score (nSPS) is 10.7. The van der Waals surface area contributed by atoms with Crippen LogP contribution >= 0.6 is 8.86 Å². The summed E-state index contributed by atoms with van der Waals surface area (Å²) in [6, 6.07) is 8.10. The molecule has 0 saturated carbocycles. The summed E-state index contributed by atoms with van der Waals surface area (Å²) in [7, 11) is 6.78. The van der Waals surface area contributed by atoms with Crippen molar-refractivity contribution in [3.63, 3.8) is 0 Å². The smallest absolute Gasteiger partial charge is 0.158 e. The van der Waals surface area contributed by atoms with E-state index in [-0.39, 0.29) is 11.5 Å². The molecule has 3 aromatic rings. The Balaban J connectivity index is 2.30. The minimum absolute atomic E-state index is 0.177. The second-order valence-corrected chi connectivity index (χ2v) is 5.43. The monoisotopic (exact) mass is 330 g/mol. The van der Waals surface area contributed by atoms with Gasteiger partial charge in [0.2, 0.25) is 0 Å². The van der Waals surface area contributed by atoms with Crippen molar-refractivity contribution in [1.82, 2.24) is 0 Å². The van der Waals surface area contributed by atoms with E-state index >= 15 is 0 Å². The molecule has 0 aliphatic heterocycles. The lowest BCUT2D eigenvalue weighted by Gasteiger charge is -2.11. The molecule has 0 bridgehead atoms. The van der Waals surface area contributed by atoms with Crippen LogP contribution in [-0.2, 0) is 0 Å². The van der Waals surface area contributed by atoms with Crippen molar-refractivity contribution in [2.24, 2.45) is 0 Å². The van der Waals surface area contributed by atoms with E-state index in [0.29, 0.717) is 28.2 Å². The van der Waals surface area contributed by atoms with Crippen molar-refractivity contribution in [3.8, 4) is 34.1 Å². The molecule has 23 heavy (non-hydrogen) atoms.